The first-order valence-corrected chi connectivity index (χ1v) is 9.30. The van der Waals surface area contributed by atoms with Crippen LogP contribution in [0.25, 0.3) is 10.2 Å². The number of benzene rings is 1. The van der Waals surface area contributed by atoms with Gasteiger partial charge < -0.3 is 4.57 Å². The van der Waals surface area contributed by atoms with E-state index in [4.69, 9.17) is 6.42 Å². The molecule has 0 aliphatic heterocycles. The quantitative estimate of drug-likeness (QED) is 0.578. The van der Waals surface area contributed by atoms with Crippen molar-refractivity contribution in [3.63, 3.8) is 0 Å². The van der Waals surface area contributed by atoms with Crippen molar-refractivity contribution >= 4 is 54.7 Å². The summed E-state index contributed by atoms with van der Waals surface area (Å²) in [7, 11) is 0. The van der Waals surface area contributed by atoms with E-state index >= 15 is 0 Å². The molecule has 116 valence electrons. The normalized spacial score (nSPS) is 11.8. The highest BCUT2D eigenvalue weighted by Gasteiger charge is 2.12. The standard InChI is InChI=1S/C17H13BrN2OS2/c1-4-7-20-12-9-10(2)8-11(3)15(12)23-17(20)19-16(21)13-5-6-14(18)22-13/h1,5-6,8-9H,7H2,2-3H3. The van der Waals surface area contributed by atoms with Crippen molar-refractivity contribution < 1.29 is 4.79 Å². The van der Waals surface area contributed by atoms with E-state index in [9.17, 15) is 4.79 Å². The summed E-state index contributed by atoms with van der Waals surface area (Å²) in [6, 6.07) is 7.83. The molecule has 1 amide bonds. The fourth-order valence-corrected chi connectivity index (χ4v) is 4.76. The minimum atomic E-state index is -0.243. The SMILES string of the molecule is C#CCn1c(=NC(=O)c2ccc(Br)s2)sc2c(C)cc(C)cc21. The molecule has 23 heavy (non-hydrogen) atoms. The molecule has 2 heterocycles. The van der Waals surface area contributed by atoms with E-state index in [1.165, 1.54) is 33.8 Å². The smallest absolute Gasteiger partial charge is 0.289 e. The van der Waals surface area contributed by atoms with Crippen molar-refractivity contribution in [1.82, 2.24) is 4.57 Å². The van der Waals surface area contributed by atoms with Gasteiger partial charge in [-0.1, -0.05) is 23.3 Å². The van der Waals surface area contributed by atoms with Crippen LogP contribution in [0.3, 0.4) is 0 Å². The zero-order valence-electron chi connectivity index (χ0n) is 12.6. The molecular weight excluding hydrogens is 392 g/mol. The van der Waals surface area contributed by atoms with Crippen molar-refractivity contribution in [2.45, 2.75) is 20.4 Å². The van der Waals surface area contributed by atoms with Gasteiger partial charge in [0, 0.05) is 0 Å². The van der Waals surface area contributed by atoms with Gasteiger partial charge in [-0.25, -0.2) is 0 Å². The minimum Gasteiger partial charge on any atom is -0.305 e. The number of halogens is 1. The lowest BCUT2D eigenvalue weighted by Gasteiger charge is -2.02. The zero-order valence-corrected chi connectivity index (χ0v) is 15.8. The Morgan fingerprint density at radius 1 is 1.35 bits per heavy atom. The van der Waals surface area contributed by atoms with E-state index in [1.807, 2.05) is 10.6 Å². The Bertz CT molecular complexity index is 1020. The van der Waals surface area contributed by atoms with E-state index in [2.05, 4.69) is 52.8 Å². The molecule has 0 spiro atoms. The molecule has 0 bridgehead atoms. The summed E-state index contributed by atoms with van der Waals surface area (Å²) < 4.78 is 3.96. The molecule has 0 radical (unpaired) electrons. The number of carbonyl (C=O) groups excluding carboxylic acids is 1. The Balaban J connectivity index is 2.22. The van der Waals surface area contributed by atoms with E-state index in [-0.39, 0.29) is 5.91 Å². The van der Waals surface area contributed by atoms with Crippen LogP contribution in [0.2, 0.25) is 0 Å². The molecule has 0 aliphatic rings. The number of aryl methyl sites for hydroxylation is 2. The summed E-state index contributed by atoms with van der Waals surface area (Å²) in [5.74, 6) is 2.41. The number of rotatable bonds is 2. The summed E-state index contributed by atoms with van der Waals surface area (Å²) in [6.45, 7) is 4.51. The number of thiophene rings is 1. The van der Waals surface area contributed by atoms with E-state index in [0.29, 0.717) is 16.2 Å². The maximum absolute atomic E-state index is 12.4. The number of thiazole rings is 1. The van der Waals surface area contributed by atoms with Crippen LogP contribution in [0, 0.1) is 26.2 Å². The highest BCUT2D eigenvalue weighted by molar-refractivity contribution is 9.11. The molecule has 3 nitrogen and oxygen atoms in total. The Morgan fingerprint density at radius 3 is 2.78 bits per heavy atom. The molecule has 0 atom stereocenters. The van der Waals surface area contributed by atoms with Crippen LogP contribution in [0.5, 0.6) is 0 Å². The second kappa shape index (κ2) is 6.44. The van der Waals surface area contributed by atoms with Gasteiger partial charge in [-0.05, 0) is 59.1 Å². The van der Waals surface area contributed by atoms with Crippen LogP contribution in [-0.4, -0.2) is 10.5 Å². The molecule has 2 aromatic heterocycles. The van der Waals surface area contributed by atoms with Gasteiger partial charge in [-0.2, -0.15) is 4.99 Å². The van der Waals surface area contributed by atoms with Crippen molar-refractivity contribution in [2.75, 3.05) is 0 Å². The molecule has 0 unspecified atom stereocenters. The molecule has 0 fully saturated rings. The molecule has 1 aromatic carbocycles. The lowest BCUT2D eigenvalue weighted by Crippen LogP contribution is -2.16. The molecule has 0 saturated carbocycles. The molecule has 0 saturated heterocycles. The van der Waals surface area contributed by atoms with Gasteiger partial charge in [0.15, 0.2) is 4.80 Å². The van der Waals surface area contributed by atoms with E-state index in [1.54, 1.807) is 6.07 Å². The van der Waals surface area contributed by atoms with Gasteiger partial charge in [-0.15, -0.1) is 17.8 Å². The highest BCUT2D eigenvalue weighted by Crippen LogP contribution is 2.25. The number of hydrogen-bond acceptors (Lipinski definition) is 3. The predicted octanol–water partition coefficient (Wildman–Crippen LogP) is 4.52. The molecular formula is C17H13BrN2OS2. The minimum absolute atomic E-state index is 0.243. The van der Waals surface area contributed by atoms with Crippen LogP contribution in [0.1, 0.15) is 20.8 Å². The maximum atomic E-state index is 12.4. The summed E-state index contributed by atoms with van der Waals surface area (Å²) in [5, 5.41) is 0. The molecule has 0 aliphatic carbocycles. The molecule has 0 N–H and O–H groups in total. The second-order valence-electron chi connectivity index (χ2n) is 5.13. The number of aromatic nitrogens is 1. The van der Waals surface area contributed by atoms with Crippen molar-refractivity contribution in [2.24, 2.45) is 4.99 Å². The number of nitrogens with zero attached hydrogens (tertiary/aromatic N) is 2. The third-order valence-corrected chi connectivity index (χ3v) is 6.19. The monoisotopic (exact) mass is 404 g/mol. The van der Waals surface area contributed by atoms with Crippen molar-refractivity contribution in [3.05, 3.63) is 48.9 Å². The Labute approximate surface area is 150 Å². The Morgan fingerprint density at radius 2 is 2.13 bits per heavy atom. The fraction of sp³-hybridized carbons (Fsp3) is 0.176. The Hall–Kier alpha value is -1.68. The van der Waals surface area contributed by atoms with Gasteiger partial charge in [-0.3, -0.25) is 4.79 Å². The van der Waals surface area contributed by atoms with E-state index in [0.717, 1.165) is 14.0 Å². The first kappa shape index (κ1) is 16.2. The average Bonchev–Trinajstić information content (AvgIpc) is 3.05. The van der Waals surface area contributed by atoms with Crippen LogP contribution in [0.15, 0.2) is 33.0 Å². The fourth-order valence-electron chi connectivity index (χ4n) is 2.41. The molecule has 6 heteroatoms. The Kier molecular flexibility index (Phi) is 4.53. The average molecular weight is 405 g/mol. The van der Waals surface area contributed by atoms with Crippen molar-refractivity contribution in [3.8, 4) is 12.3 Å². The van der Waals surface area contributed by atoms with Gasteiger partial charge >= 0.3 is 0 Å². The lowest BCUT2D eigenvalue weighted by atomic mass is 10.1. The van der Waals surface area contributed by atoms with Gasteiger partial charge in [0.25, 0.3) is 5.91 Å². The van der Waals surface area contributed by atoms with Crippen LogP contribution < -0.4 is 4.80 Å². The van der Waals surface area contributed by atoms with Crippen LogP contribution in [-0.2, 0) is 6.54 Å². The number of carbonyl (C=O) groups is 1. The van der Waals surface area contributed by atoms with Gasteiger partial charge in [0.2, 0.25) is 0 Å². The topological polar surface area (TPSA) is 34.4 Å². The van der Waals surface area contributed by atoms with Crippen LogP contribution in [0.4, 0.5) is 0 Å². The predicted molar refractivity (Wildman–Crippen MR) is 100 cm³/mol. The molecule has 3 rings (SSSR count). The van der Waals surface area contributed by atoms with Gasteiger partial charge in [0.1, 0.15) is 0 Å². The highest BCUT2D eigenvalue weighted by atomic mass is 79.9. The lowest BCUT2D eigenvalue weighted by molar-refractivity contribution is 0.100. The maximum Gasteiger partial charge on any atom is 0.289 e. The molecule has 3 aromatic rings. The van der Waals surface area contributed by atoms with Crippen molar-refractivity contribution in [1.29, 1.82) is 0 Å². The van der Waals surface area contributed by atoms with Crippen LogP contribution >= 0.6 is 38.6 Å². The summed E-state index contributed by atoms with van der Waals surface area (Å²) in [6.07, 6.45) is 5.50. The second-order valence-corrected chi connectivity index (χ2v) is 8.57. The number of terminal acetylenes is 1. The van der Waals surface area contributed by atoms with Gasteiger partial charge in [0.05, 0.1) is 25.4 Å². The number of fused-ring (bicyclic) bond motifs is 1. The number of hydrogen-bond donors (Lipinski definition) is 0. The largest absolute Gasteiger partial charge is 0.305 e. The third kappa shape index (κ3) is 3.18. The third-order valence-electron chi connectivity index (χ3n) is 3.34. The zero-order chi connectivity index (χ0) is 16.6. The van der Waals surface area contributed by atoms with E-state index < -0.39 is 0 Å². The first-order valence-electron chi connectivity index (χ1n) is 6.88. The number of amides is 1. The summed E-state index contributed by atoms with van der Waals surface area (Å²) in [4.78, 5) is 17.9. The summed E-state index contributed by atoms with van der Waals surface area (Å²) in [5.41, 5.74) is 3.37. The first-order chi connectivity index (χ1) is 11.0. The summed E-state index contributed by atoms with van der Waals surface area (Å²) >= 11 is 6.24.